The average Bonchev–Trinajstić information content (AvgIpc) is 2.13. The third kappa shape index (κ3) is 1.35. The van der Waals surface area contributed by atoms with E-state index in [2.05, 4.69) is 0 Å². The second-order valence-electron chi connectivity index (χ2n) is 2.53. The molecule has 1 fully saturated rings. The second-order valence-corrected chi connectivity index (χ2v) is 2.53. The zero-order valence-corrected chi connectivity index (χ0v) is 6.09. The van der Waals surface area contributed by atoms with Crippen LogP contribution in [-0.4, -0.2) is 29.7 Å². The van der Waals surface area contributed by atoms with Gasteiger partial charge in [0.25, 0.3) is 0 Å². The molecule has 0 N–H and O–H groups in total. The summed E-state index contributed by atoms with van der Waals surface area (Å²) >= 11 is 0. The Labute approximate surface area is 60.0 Å². The zero-order valence-electron chi connectivity index (χ0n) is 6.09. The molecule has 10 heavy (non-hydrogen) atoms. The van der Waals surface area contributed by atoms with E-state index >= 15 is 0 Å². The Morgan fingerprint density at radius 3 is 2.60 bits per heavy atom. The van der Waals surface area contributed by atoms with Crippen LogP contribution >= 0.6 is 0 Å². The van der Waals surface area contributed by atoms with Crippen LogP contribution in [0.1, 0.15) is 19.8 Å². The molecular weight excluding hydrogens is 130 g/mol. The maximum absolute atomic E-state index is 10.9. The van der Waals surface area contributed by atoms with Gasteiger partial charge in [-0.3, -0.25) is 9.59 Å². The predicted octanol–water partition coefficient (Wildman–Crippen LogP) is 0.198. The Kier molecular flexibility index (Phi) is 2.04. The number of carbonyl (C=O) groups is 2. The van der Waals surface area contributed by atoms with E-state index in [1.807, 2.05) is 6.92 Å². The van der Waals surface area contributed by atoms with Crippen molar-refractivity contribution in [3.63, 3.8) is 0 Å². The number of nitrogens with zero attached hydrogens (tertiary/aromatic N) is 1. The highest BCUT2D eigenvalue weighted by molar-refractivity contribution is 6.05. The molecule has 1 amide bonds. The maximum atomic E-state index is 10.9. The first-order valence-electron chi connectivity index (χ1n) is 3.53. The van der Waals surface area contributed by atoms with Crippen molar-refractivity contribution in [1.29, 1.82) is 0 Å². The molecular formula is C7H11NO2. The van der Waals surface area contributed by atoms with E-state index in [4.69, 9.17) is 0 Å². The summed E-state index contributed by atoms with van der Waals surface area (Å²) in [5, 5.41) is 0. The van der Waals surface area contributed by atoms with E-state index in [0.717, 1.165) is 13.0 Å². The van der Waals surface area contributed by atoms with Crippen LogP contribution in [0.15, 0.2) is 0 Å². The SMILES string of the molecule is CCCN1CC(=O)CC1=O. The number of hydrogen-bond donors (Lipinski definition) is 0. The first-order valence-corrected chi connectivity index (χ1v) is 3.53. The average molecular weight is 141 g/mol. The van der Waals surface area contributed by atoms with Gasteiger partial charge in [0.1, 0.15) is 0 Å². The normalized spacial score (nSPS) is 18.7. The second kappa shape index (κ2) is 2.82. The third-order valence-corrected chi connectivity index (χ3v) is 1.56. The number of ketones is 1. The van der Waals surface area contributed by atoms with Crippen molar-refractivity contribution in [3.8, 4) is 0 Å². The summed E-state index contributed by atoms with van der Waals surface area (Å²) in [6.45, 7) is 3.06. The molecule has 0 aromatic carbocycles. The molecule has 1 rings (SSSR count). The molecule has 3 heteroatoms. The number of carbonyl (C=O) groups excluding carboxylic acids is 2. The van der Waals surface area contributed by atoms with Crippen molar-refractivity contribution in [1.82, 2.24) is 4.90 Å². The van der Waals surface area contributed by atoms with Gasteiger partial charge in [-0.15, -0.1) is 0 Å². The summed E-state index contributed by atoms with van der Waals surface area (Å²) in [6, 6.07) is 0. The lowest BCUT2D eigenvalue weighted by Crippen LogP contribution is -2.25. The number of likely N-dealkylation sites (tertiary alicyclic amines) is 1. The largest absolute Gasteiger partial charge is 0.335 e. The fraction of sp³-hybridized carbons (Fsp3) is 0.714. The minimum atomic E-state index is -0.00755. The first-order chi connectivity index (χ1) is 4.74. The summed E-state index contributed by atoms with van der Waals surface area (Å²) in [4.78, 5) is 23.2. The van der Waals surface area contributed by atoms with Gasteiger partial charge < -0.3 is 4.90 Å². The van der Waals surface area contributed by atoms with Gasteiger partial charge in [0.05, 0.1) is 13.0 Å². The zero-order chi connectivity index (χ0) is 7.56. The summed E-state index contributed by atoms with van der Waals surface area (Å²) in [5.41, 5.74) is 0. The predicted molar refractivity (Wildman–Crippen MR) is 36.5 cm³/mol. The first kappa shape index (κ1) is 7.25. The van der Waals surface area contributed by atoms with Gasteiger partial charge in [-0.1, -0.05) is 6.92 Å². The maximum Gasteiger partial charge on any atom is 0.230 e. The Morgan fingerprint density at radius 1 is 1.50 bits per heavy atom. The van der Waals surface area contributed by atoms with Crippen LogP contribution in [0.25, 0.3) is 0 Å². The molecule has 0 atom stereocenters. The lowest BCUT2D eigenvalue weighted by atomic mass is 10.3. The summed E-state index contributed by atoms with van der Waals surface area (Å²) < 4.78 is 0. The molecule has 0 aromatic rings. The highest BCUT2D eigenvalue weighted by Crippen LogP contribution is 2.05. The Hall–Kier alpha value is -0.860. The van der Waals surface area contributed by atoms with E-state index in [-0.39, 0.29) is 18.1 Å². The van der Waals surface area contributed by atoms with Gasteiger partial charge in [0.15, 0.2) is 5.78 Å². The van der Waals surface area contributed by atoms with Gasteiger partial charge in [-0.05, 0) is 6.42 Å². The van der Waals surface area contributed by atoms with Crippen molar-refractivity contribution < 1.29 is 9.59 Å². The lowest BCUT2D eigenvalue weighted by Gasteiger charge is -2.11. The van der Waals surface area contributed by atoms with Crippen molar-refractivity contribution in [2.45, 2.75) is 19.8 Å². The van der Waals surface area contributed by atoms with Gasteiger partial charge >= 0.3 is 0 Å². The van der Waals surface area contributed by atoms with Crippen LogP contribution in [0.5, 0.6) is 0 Å². The minimum Gasteiger partial charge on any atom is -0.335 e. The highest BCUT2D eigenvalue weighted by atomic mass is 16.2. The lowest BCUT2D eigenvalue weighted by molar-refractivity contribution is -0.127. The van der Waals surface area contributed by atoms with Crippen molar-refractivity contribution >= 4 is 11.7 Å². The third-order valence-electron chi connectivity index (χ3n) is 1.56. The smallest absolute Gasteiger partial charge is 0.230 e. The molecule has 0 aromatic heterocycles. The quantitative estimate of drug-likeness (QED) is 0.515. The van der Waals surface area contributed by atoms with Gasteiger partial charge in [0.2, 0.25) is 5.91 Å². The molecule has 0 radical (unpaired) electrons. The molecule has 1 heterocycles. The van der Waals surface area contributed by atoms with E-state index in [1.165, 1.54) is 0 Å². The fourth-order valence-electron chi connectivity index (χ4n) is 1.11. The minimum absolute atomic E-state index is 0.00755. The summed E-state index contributed by atoms with van der Waals surface area (Å²) in [5.74, 6) is 0.0466. The molecule has 0 unspecified atom stereocenters. The monoisotopic (exact) mass is 141 g/mol. The molecule has 1 saturated heterocycles. The van der Waals surface area contributed by atoms with Gasteiger partial charge in [0, 0.05) is 6.54 Å². The van der Waals surface area contributed by atoms with Crippen LogP contribution in [0.4, 0.5) is 0 Å². The highest BCUT2D eigenvalue weighted by Gasteiger charge is 2.25. The van der Waals surface area contributed by atoms with Crippen LogP contribution in [0.2, 0.25) is 0 Å². The van der Waals surface area contributed by atoms with Crippen LogP contribution < -0.4 is 0 Å². The van der Waals surface area contributed by atoms with E-state index in [0.29, 0.717) is 6.54 Å². The standard InChI is InChI=1S/C7H11NO2/c1-2-3-8-5-6(9)4-7(8)10/h2-5H2,1H3. The van der Waals surface area contributed by atoms with Crippen LogP contribution in [-0.2, 0) is 9.59 Å². The Morgan fingerprint density at radius 2 is 2.20 bits per heavy atom. The number of amides is 1. The summed E-state index contributed by atoms with van der Waals surface area (Å²) in [6.07, 6.45) is 1.05. The Balaban J connectivity index is 2.46. The molecule has 0 saturated carbocycles. The number of hydrogen-bond acceptors (Lipinski definition) is 2. The fourth-order valence-corrected chi connectivity index (χ4v) is 1.11. The van der Waals surface area contributed by atoms with Crippen molar-refractivity contribution in [3.05, 3.63) is 0 Å². The van der Waals surface area contributed by atoms with E-state index in [1.54, 1.807) is 4.90 Å². The molecule has 1 aliphatic heterocycles. The van der Waals surface area contributed by atoms with Gasteiger partial charge in [-0.25, -0.2) is 0 Å². The topological polar surface area (TPSA) is 37.4 Å². The molecule has 3 nitrogen and oxygen atoms in total. The molecule has 56 valence electrons. The van der Waals surface area contributed by atoms with E-state index in [9.17, 15) is 9.59 Å². The number of Topliss-reactive ketones (excluding diaryl/α,β-unsaturated/α-hetero) is 1. The van der Waals surface area contributed by atoms with Gasteiger partial charge in [-0.2, -0.15) is 0 Å². The molecule has 0 aliphatic carbocycles. The molecule has 1 aliphatic rings. The van der Waals surface area contributed by atoms with Crippen LogP contribution in [0.3, 0.4) is 0 Å². The van der Waals surface area contributed by atoms with Crippen molar-refractivity contribution in [2.75, 3.05) is 13.1 Å². The van der Waals surface area contributed by atoms with E-state index < -0.39 is 0 Å². The molecule has 0 bridgehead atoms. The van der Waals surface area contributed by atoms with Crippen molar-refractivity contribution in [2.24, 2.45) is 0 Å². The summed E-state index contributed by atoms with van der Waals surface area (Å²) in [7, 11) is 0. The Bertz CT molecular complexity index is 165. The van der Waals surface area contributed by atoms with Crippen LogP contribution in [0, 0.1) is 0 Å². The number of rotatable bonds is 2. The molecule has 0 spiro atoms.